The van der Waals surface area contributed by atoms with Gasteiger partial charge in [0.05, 0.1) is 6.61 Å². The second-order valence-electron chi connectivity index (χ2n) is 9.22. The van der Waals surface area contributed by atoms with Crippen LogP contribution < -0.4 is 4.74 Å². The molecular formula is C27H34F2O. The first-order valence-electron chi connectivity index (χ1n) is 11.9. The van der Waals surface area contributed by atoms with E-state index >= 15 is 0 Å². The van der Waals surface area contributed by atoms with Crippen LogP contribution in [0.2, 0.25) is 0 Å². The van der Waals surface area contributed by atoms with Gasteiger partial charge < -0.3 is 4.74 Å². The van der Waals surface area contributed by atoms with Crippen molar-refractivity contribution >= 4 is 0 Å². The third-order valence-corrected chi connectivity index (χ3v) is 7.33. The zero-order valence-electron chi connectivity index (χ0n) is 18.1. The highest BCUT2D eigenvalue weighted by atomic mass is 19.2. The van der Waals surface area contributed by atoms with Crippen molar-refractivity contribution < 1.29 is 13.5 Å². The normalized spacial score (nSPS) is 22.4. The van der Waals surface area contributed by atoms with E-state index in [1.807, 2.05) is 19.1 Å². The predicted molar refractivity (Wildman–Crippen MR) is 119 cm³/mol. The third-order valence-electron chi connectivity index (χ3n) is 7.33. The molecule has 162 valence electrons. The van der Waals surface area contributed by atoms with Crippen molar-refractivity contribution in [2.75, 3.05) is 6.61 Å². The van der Waals surface area contributed by atoms with Crippen LogP contribution in [0.25, 0.3) is 11.1 Å². The number of unbranched alkanes of at least 4 members (excludes halogenated alkanes) is 1. The van der Waals surface area contributed by atoms with Gasteiger partial charge in [-0.1, -0.05) is 63.3 Å². The highest BCUT2D eigenvalue weighted by Crippen LogP contribution is 2.44. The van der Waals surface area contributed by atoms with E-state index in [0.717, 1.165) is 30.2 Å². The van der Waals surface area contributed by atoms with Gasteiger partial charge in [-0.15, -0.1) is 0 Å². The van der Waals surface area contributed by atoms with E-state index in [-0.39, 0.29) is 5.75 Å². The summed E-state index contributed by atoms with van der Waals surface area (Å²) in [5.74, 6) is 0.790. The lowest BCUT2D eigenvalue weighted by Gasteiger charge is -2.32. The number of hydrogen-bond acceptors (Lipinski definition) is 1. The van der Waals surface area contributed by atoms with Gasteiger partial charge in [-0.05, 0) is 73.1 Å². The van der Waals surface area contributed by atoms with Gasteiger partial charge in [0.25, 0.3) is 0 Å². The van der Waals surface area contributed by atoms with Gasteiger partial charge in [-0.25, -0.2) is 4.39 Å². The molecule has 0 saturated heterocycles. The molecule has 0 heterocycles. The van der Waals surface area contributed by atoms with Gasteiger partial charge in [0.15, 0.2) is 11.6 Å². The Hall–Kier alpha value is -1.90. The minimum absolute atomic E-state index is 0.000317. The summed E-state index contributed by atoms with van der Waals surface area (Å²) in [7, 11) is 0. The first-order chi connectivity index (χ1) is 14.7. The van der Waals surface area contributed by atoms with Crippen molar-refractivity contribution in [1.29, 1.82) is 0 Å². The molecule has 2 fully saturated rings. The second-order valence-corrected chi connectivity index (χ2v) is 9.22. The summed E-state index contributed by atoms with van der Waals surface area (Å²) in [6.45, 7) is 2.44. The summed E-state index contributed by atoms with van der Waals surface area (Å²) in [6.07, 6.45) is 12.7. The number of rotatable bonds is 7. The lowest BCUT2D eigenvalue weighted by Crippen LogP contribution is -2.19. The Morgan fingerprint density at radius 2 is 1.47 bits per heavy atom. The average molecular weight is 413 g/mol. The second kappa shape index (κ2) is 9.94. The number of hydrogen-bond donors (Lipinski definition) is 0. The van der Waals surface area contributed by atoms with Crippen LogP contribution in [0.1, 0.15) is 82.6 Å². The van der Waals surface area contributed by atoms with Crippen molar-refractivity contribution in [3.63, 3.8) is 0 Å². The molecule has 2 aliphatic carbocycles. The Labute approximate surface area is 179 Å². The fourth-order valence-electron chi connectivity index (χ4n) is 5.48. The predicted octanol–water partition coefficient (Wildman–Crippen LogP) is 8.27. The van der Waals surface area contributed by atoms with Crippen LogP contribution in [-0.2, 0) is 0 Å². The fourth-order valence-corrected chi connectivity index (χ4v) is 5.48. The van der Waals surface area contributed by atoms with Crippen molar-refractivity contribution in [3.8, 4) is 16.9 Å². The highest BCUT2D eigenvalue weighted by molar-refractivity contribution is 5.65. The monoisotopic (exact) mass is 412 g/mol. The van der Waals surface area contributed by atoms with Crippen molar-refractivity contribution in [2.45, 2.75) is 77.0 Å². The molecule has 0 amide bonds. The zero-order valence-corrected chi connectivity index (χ0v) is 18.1. The van der Waals surface area contributed by atoms with Crippen molar-refractivity contribution in [3.05, 3.63) is 53.6 Å². The molecule has 2 aliphatic rings. The van der Waals surface area contributed by atoms with Gasteiger partial charge >= 0.3 is 0 Å². The molecule has 2 aromatic carbocycles. The molecule has 0 N–H and O–H groups in total. The van der Waals surface area contributed by atoms with Gasteiger partial charge in [-0.2, -0.15) is 4.39 Å². The Balaban J connectivity index is 1.40. The quantitative estimate of drug-likeness (QED) is 0.416. The maximum Gasteiger partial charge on any atom is 0.201 e. The first-order valence-corrected chi connectivity index (χ1v) is 11.9. The van der Waals surface area contributed by atoms with Crippen molar-refractivity contribution in [1.82, 2.24) is 0 Å². The molecule has 0 atom stereocenters. The molecule has 2 aromatic rings. The van der Waals surface area contributed by atoms with Gasteiger partial charge in [-0.3, -0.25) is 0 Å². The van der Waals surface area contributed by atoms with Crippen LogP contribution in [0, 0.1) is 23.5 Å². The molecule has 1 nitrogen and oxygen atoms in total. The largest absolute Gasteiger partial charge is 0.490 e. The van der Waals surface area contributed by atoms with E-state index in [4.69, 9.17) is 4.74 Å². The van der Waals surface area contributed by atoms with Crippen LogP contribution in [0.5, 0.6) is 5.75 Å². The molecule has 0 radical (unpaired) electrons. The van der Waals surface area contributed by atoms with Gasteiger partial charge in [0, 0.05) is 5.56 Å². The maximum absolute atomic E-state index is 14.6. The SMILES string of the molecule is CCCCOc1ccc(-c2ccc(C3CCC(C4CCCC4)CC3)cc2)c(F)c1F. The zero-order chi connectivity index (χ0) is 20.9. The molecule has 0 unspecified atom stereocenters. The van der Waals surface area contributed by atoms with E-state index in [1.54, 1.807) is 12.1 Å². The topological polar surface area (TPSA) is 9.23 Å². The van der Waals surface area contributed by atoms with Crippen molar-refractivity contribution in [2.24, 2.45) is 11.8 Å². The minimum atomic E-state index is -0.891. The van der Waals surface area contributed by atoms with E-state index in [0.29, 0.717) is 18.1 Å². The van der Waals surface area contributed by atoms with Gasteiger partial charge in [0.2, 0.25) is 5.82 Å². The smallest absolute Gasteiger partial charge is 0.201 e. The molecule has 2 saturated carbocycles. The molecule has 0 spiro atoms. The van der Waals surface area contributed by atoms with Crippen LogP contribution in [0.4, 0.5) is 8.78 Å². The van der Waals surface area contributed by atoms with Crippen LogP contribution >= 0.6 is 0 Å². The molecule has 30 heavy (non-hydrogen) atoms. The van der Waals surface area contributed by atoms with Crippen LogP contribution in [0.15, 0.2) is 36.4 Å². The summed E-state index contributed by atoms with van der Waals surface area (Å²) in [4.78, 5) is 0. The lowest BCUT2D eigenvalue weighted by atomic mass is 9.73. The van der Waals surface area contributed by atoms with Crippen LogP contribution in [-0.4, -0.2) is 6.61 Å². The van der Waals surface area contributed by atoms with E-state index in [2.05, 4.69) is 12.1 Å². The number of ether oxygens (including phenoxy) is 1. The van der Waals surface area contributed by atoms with E-state index in [9.17, 15) is 8.78 Å². The Morgan fingerprint density at radius 1 is 0.800 bits per heavy atom. The summed E-state index contributed by atoms with van der Waals surface area (Å²) in [5.41, 5.74) is 2.35. The molecule has 4 rings (SSSR count). The molecular weight excluding hydrogens is 378 g/mol. The first kappa shape index (κ1) is 21.3. The minimum Gasteiger partial charge on any atom is -0.490 e. The van der Waals surface area contributed by atoms with Gasteiger partial charge in [0.1, 0.15) is 0 Å². The molecule has 0 aromatic heterocycles. The maximum atomic E-state index is 14.6. The fraction of sp³-hybridized carbons (Fsp3) is 0.556. The Bertz CT molecular complexity index is 816. The van der Waals surface area contributed by atoms with E-state index in [1.165, 1.54) is 56.9 Å². The van der Waals surface area contributed by atoms with Crippen LogP contribution in [0.3, 0.4) is 0 Å². The summed E-state index contributed by atoms with van der Waals surface area (Å²) in [5, 5.41) is 0. The molecule has 3 heteroatoms. The highest BCUT2D eigenvalue weighted by Gasteiger charge is 2.29. The Kier molecular flexibility index (Phi) is 7.07. The summed E-state index contributed by atoms with van der Waals surface area (Å²) >= 11 is 0. The number of halogens is 2. The average Bonchev–Trinajstić information content (AvgIpc) is 3.32. The molecule has 0 aliphatic heterocycles. The third kappa shape index (κ3) is 4.71. The summed E-state index contributed by atoms with van der Waals surface area (Å²) < 4.78 is 34.4. The standard InChI is InChI=1S/C27H34F2O/c1-2-3-18-30-25-17-16-24(26(28)27(25)29)23-14-12-22(13-15-23)21-10-8-20(9-11-21)19-6-4-5-7-19/h12-17,19-21H,2-11,18H2,1H3. The number of benzene rings is 2. The van der Waals surface area contributed by atoms with E-state index < -0.39 is 11.6 Å². The lowest BCUT2D eigenvalue weighted by molar-refractivity contribution is 0.235. The summed E-state index contributed by atoms with van der Waals surface area (Å²) in [6, 6.07) is 11.3. The molecule has 0 bridgehead atoms. The Morgan fingerprint density at radius 3 is 2.13 bits per heavy atom.